The summed E-state index contributed by atoms with van der Waals surface area (Å²) in [6, 6.07) is 2.69. The van der Waals surface area contributed by atoms with Crippen LogP contribution in [0.4, 0.5) is 10.2 Å². The van der Waals surface area contributed by atoms with Gasteiger partial charge in [0.25, 0.3) is 0 Å². The first kappa shape index (κ1) is 12.5. The Hall–Kier alpha value is -1.95. The Morgan fingerprint density at radius 3 is 2.56 bits per heavy atom. The van der Waals surface area contributed by atoms with Gasteiger partial charge in [-0.3, -0.25) is 0 Å². The number of hydrogen-bond acceptors (Lipinski definition) is 5. The fourth-order valence-corrected chi connectivity index (χ4v) is 1.76. The molecule has 1 aromatic carbocycles. The maximum atomic E-state index is 14.1. The largest absolute Gasteiger partial charge is 0.493 e. The lowest BCUT2D eigenvalue weighted by atomic mass is 10.1. The van der Waals surface area contributed by atoms with Gasteiger partial charge in [-0.2, -0.15) is 0 Å². The molecule has 0 unspecified atom stereocenters. The number of ether oxygens (including phenoxy) is 2. The molecule has 0 saturated carbocycles. The number of halogens is 2. The highest BCUT2D eigenvalue weighted by Crippen LogP contribution is 2.43. The van der Waals surface area contributed by atoms with Crippen molar-refractivity contribution in [3.05, 3.63) is 23.0 Å². The van der Waals surface area contributed by atoms with E-state index in [4.69, 9.17) is 31.3 Å². The number of nitrogen functional groups attached to an aromatic ring is 1. The summed E-state index contributed by atoms with van der Waals surface area (Å²) in [7, 11) is 2.80. The lowest BCUT2D eigenvalue weighted by Gasteiger charge is -2.12. The predicted octanol–water partition coefficient (Wildman–Crippen LogP) is 2.73. The third-order valence-corrected chi connectivity index (χ3v) is 2.61. The van der Waals surface area contributed by atoms with Crippen LogP contribution >= 0.6 is 11.6 Å². The number of methoxy groups -OCH3 is 2. The van der Waals surface area contributed by atoms with Crippen molar-refractivity contribution in [2.75, 3.05) is 20.0 Å². The zero-order valence-corrected chi connectivity index (χ0v) is 10.4. The number of aromatic nitrogens is 1. The van der Waals surface area contributed by atoms with Crippen molar-refractivity contribution in [2.24, 2.45) is 0 Å². The molecule has 0 atom stereocenters. The number of hydrogen-bond donors (Lipinski definition) is 1. The molecular weight excluding hydrogens is 263 g/mol. The maximum Gasteiger partial charge on any atom is 0.175 e. The van der Waals surface area contributed by atoms with Crippen LogP contribution in [0.5, 0.6) is 11.5 Å². The Kier molecular flexibility index (Phi) is 3.29. The van der Waals surface area contributed by atoms with Crippen molar-refractivity contribution in [1.29, 1.82) is 0 Å². The molecule has 0 aliphatic heterocycles. The van der Waals surface area contributed by atoms with Crippen molar-refractivity contribution in [1.82, 2.24) is 5.16 Å². The van der Waals surface area contributed by atoms with Crippen molar-refractivity contribution in [3.63, 3.8) is 0 Å². The third-order valence-electron chi connectivity index (χ3n) is 2.34. The van der Waals surface area contributed by atoms with Gasteiger partial charge in [0.1, 0.15) is 5.56 Å². The van der Waals surface area contributed by atoms with Gasteiger partial charge in [0.2, 0.25) is 0 Å². The summed E-state index contributed by atoms with van der Waals surface area (Å²) >= 11 is 5.78. The van der Waals surface area contributed by atoms with Crippen LogP contribution in [0.25, 0.3) is 11.3 Å². The predicted molar refractivity (Wildman–Crippen MR) is 64.4 cm³/mol. The number of nitrogens with zero attached hydrogens (tertiary/aromatic N) is 1. The molecule has 7 heteroatoms. The topological polar surface area (TPSA) is 70.5 Å². The van der Waals surface area contributed by atoms with Gasteiger partial charge in [0.05, 0.1) is 19.2 Å². The van der Waals surface area contributed by atoms with Gasteiger partial charge in [-0.15, -0.1) is 0 Å². The van der Waals surface area contributed by atoms with E-state index in [0.717, 1.165) is 0 Å². The van der Waals surface area contributed by atoms with Gasteiger partial charge in [-0.05, 0) is 0 Å². The van der Waals surface area contributed by atoms with Crippen LogP contribution in [0.1, 0.15) is 0 Å². The van der Waals surface area contributed by atoms with Gasteiger partial charge in [0, 0.05) is 12.1 Å². The second kappa shape index (κ2) is 4.73. The van der Waals surface area contributed by atoms with E-state index in [-0.39, 0.29) is 33.7 Å². The minimum atomic E-state index is -0.689. The molecule has 18 heavy (non-hydrogen) atoms. The molecule has 96 valence electrons. The summed E-state index contributed by atoms with van der Waals surface area (Å²) in [5, 5.41) is 3.38. The second-order valence-corrected chi connectivity index (χ2v) is 3.81. The Morgan fingerprint density at radius 1 is 1.33 bits per heavy atom. The number of anilines is 1. The van der Waals surface area contributed by atoms with E-state index >= 15 is 0 Å². The van der Waals surface area contributed by atoms with Crippen LogP contribution in [-0.2, 0) is 0 Å². The standard InChI is InChI=1S/C11H10ClFN2O3/c1-16-7-3-5(12)10(13)9(11(7)17-2)6-4-8(14)15-18-6/h3-4H,1-2H3,(H2,14,15). The summed E-state index contributed by atoms with van der Waals surface area (Å²) in [6.45, 7) is 0. The molecule has 0 radical (unpaired) electrons. The number of nitrogens with two attached hydrogens (primary N) is 1. The smallest absolute Gasteiger partial charge is 0.175 e. The number of benzene rings is 1. The monoisotopic (exact) mass is 272 g/mol. The average Bonchev–Trinajstić information content (AvgIpc) is 2.78. The van der Waals surface area contributed by atoms with E-state index in [1.54, 1.807) is 0 Å². The SMILES string of the molecule is COc1cc(Cl)c(F)c(-c2cc(N)no2)c1OC. The van der Waals surface area contributed by atoms with Gasteiger partial charge in [-0.25, -0.2) is 4.39 Å². The van der Waals surface area contributed by atoms with Crippen LogP contribution in [0.3, 0.4) is 0 Å². The van der Waals surface area contributed by atoms with Crippen LogP contribution in [0.2, 0.25) is 5.02 Å². The van der Waals surface area contributed by atoms with Gasteiger partial charge in [-0.1, -0.05) is 16.8 Å². The summed E-state index contributed by atoms with van der Waals surface area (Å²) < 4.78 is 29.2. The molecule has 1 aromatic heterocycles. The zero-order valence-electron chi connectivity index (χ0n) is 9.66. The van der Waals surface area contributed by atoms with Gasteiger partial charge in [0.15, 0.2) is 28.9 Å². The molecule has 1 heterocycles. The van der Waals surface area contributed by atoms with Crippen LogP contribution in [0, 0.1) is 5.82 Å². The van der Waals surface area contributed by atoms with E-state index in [0.29, 0.717) is 0 Å². The molecule has 2 N–H and O–H groups in total. The molecule has 0 bridgehead atoms. The molecule has 0 spiro atoms. The fourth-order valence-electron chi connectivity index (χ4n) is 1.57. The Bertz CT molecular complexity index is 586. The van der Waals surface area contributed by atoms with Crippen molar-refractivity contribution in [3.8, 4) is 22.8 Å². The normalized spacial score (nSPS) is 10.4. The van der Waals surface area contributed by atoms with E-state index in [9.17, 15) is 4.39 Å². The van der Waals surface area contributed by atoms with Gasteiger partial charge < -0.3 is 19.7 Å². The Balaban J connectivity index is 2.74. The van der Waals surface area contributed by atoms with Crippen molar-refractivity contribution in [2.45, 2.75) is 0 Å². The van der Waals surface area contributed by atoms with Gasteiger partial charge >= 0.3 is 0 Å². The molecule has 5 nitrogen and oxygen atoms in total. The molecule has 2 rings (SSSR count). The first-order chi connectivity index (χ1) is 8.58. The quantitative estimate of drug-likeness (QED) is 0.930. The van der Waals surface area contributed by atoms with Crippen molar-refractivity contribution < 1.29 is 18.4 Å². The first-order valence-electron chi connectivity index (χ1n) is 4.91. The lowest BCUT2D eigenvalue weighted by Crippen LogP contribution is -1.96. The Morgan fingerprint density at radius 2 is 2.06 bits per heavy atom. The van der Waals surface area contributed by atoms with E-state index < -0.39 is 5.82 Å². The second-order valence-electron chi connectivity index (χ2n) is 3.40. The highest BCUT2D eigenvalue weighted by atomic mass is 35.5. The summed E-state index contributed by atoms with van der Waals surface area (Å²) in [6.07, 6.45) is 0. The van der Waals surface area contributed by atoms with Crippen LogP contribution in [0.15, 0.2) is 16.7 Å². The van der Waals surface area contributed by atoms with Crippen molar-refractivity contribution >= 4 is 17.4 Å². The maximum absolute atomic E-state index is 14.1. The molecule has 0 saturated heterocycles. The first-order valence-corrected chi connectivity index (χ1v) is 5.28. The molecular formula is C11H10ClFN2O3. The van der Waals surface area contributed by atoms with E-state index in [2.05, 4.69) is 5.16 Å². The molecule has 2 aromatic rings. The molecule has 0 fully saturated rings. The van der Waals surface area contributed by atoms with Crippen LogP contribution < -0.4 is 15.2 Å². The minimum absolute atomic E-state index is 0.0195. The third kappa shape index (κ3) is 1.95. The summed E-state index contributed by atoms with van der Waals surface area (Å²) in [5.41, 5.74) is 5.45. The molecule has 0 aliphatic rings. The summed E-state index contributed by atoms with van der Waals surface area (Å²) in [5.74, 6) is 0.00272. The molecule has 0 amide bonds. The lowest BCUT2D eigenvalue weighted by molar-refractivity contribution is 0.351. The summed E-state index contributed by atoms with van der Waals surface area (Å²) in [4.78, 5) is 0. The fraction of sp³-hybridized carbons (Fsp3) is 0.182. The van der Waals surface area contributed by atoms with Crippen LogP contribution in [-0.4, -0.2) is 19.4 Å². The highest BCUT2D eigenvalue weighted by molar-refractivity contribution is 6.31. The average molecular weight is 273 g/mol. The van der Waals surface area contributed by atoms with E-state index in [1.807, 2.05) is 0 Å². The highest BCUT2D eigenvalue weighted by Gasteiger charge is 2.23. The Labute approximate surface area is 107 Å². The molecule has 0 aliphatic carbocycles. The van der Waals surface area contributed by atoms with E-state index in [1.165, 1.54) is 26.4 Å². The minimum Gasteiger partial charge on any atom is -0.493 e. The zero-order chi connectivity index (χ0) is 13.3. The number of rotatable bonds is 3.